The predicted molar refractivity (Wildman–Crippen MR) is 77.8 cm³/mol. The van der Waals surface area contributed by atoms with Crippen LogP contribution in [-0.2, 0) is 0 Å². The van der Waals surface area contributed by atoms with Crippen LogP contribution in [0.2, 0.25) is 0 Å². The fourth-order valence-corrected chi connectivity index (χ4v) is 2.26. The summed E-state index contributed by atoms with van der Waals surface area (Å²) in [6.45, 7) is 0. The van der Waals surface area contributed by atoms with Gasteiger partial charge in [-0.3, -0.25) is 4.79 Å². The molecule has 0 unspecified atom stereocenters. The number of hydrogen-bond donors (Lipinski definition) is 2. The second-order valence-electron chi connectivity index (χ2n) is 4.64. The highest BCUT2D eigenvalue weighted by molar-refractivity contribution is 5.91. The number of phenols is 2. The molecule has 0 aliphatic heterocycles. The van der Waals surface area contributed by atoms with Crippen molar-refractivity contribution in [2.75, 3.05) is 7.11 Å². The van der Waals surface area contributed by atoms with Gasteiger partial charge in [0.05, 0.1) is 7.11 Å². The number of phenolic OH excluding ortho intramolecular Hbond substituents is 2. The average molecular weight is 302 g/mol. The van der Waals surface area contributed by atoms with Gasteiger partial charge in [0.15, 0.2) is 16.8 Å². The summed E-state index contributed by atoms with van der Waals surface area (Å²) in [5, 5.41) is 19.5. The predicted octanol–water partition coefficient (Wildman–Crippen LogP) is 3.02. The van der Waals surface area contributed by atoms with Gasteiger partial charge < -0.3 is 19.4 Å². The molecule has 3 aromatic rings. The molecule has 0 aliphatic rings. The zero-order valence-corrected chi connectivity index (χ0v) is 11.5. The molecule has 3 rings (SSSR count). The number of ether oxygens (including phenoxy) is 1. The molecule has 2 N–H and O–H groups in total. The number of benzene rings is 2. The highest BCUT2D eigenvalue weighted by atomic mass is 19.1. The van der Waals surface area contributed by atoms with Crippen molar-refractivity contribution in [3.63, 3.8) is 0 Å². The molecule has 5 nitrogen and oxygen atoms in total. The van der Waals surface area contributed by atoms with E-state index in [0.717, 1.165) is 12.1 Å². The summed E-state index contributed by atoms with van der Waals surface area (Å²) in [5.74, 6) is -1.26. The van der Waals surface area contributed by atoms with Crippen molar-refractivity contribution in [2.24, 2.45) is 0 Å². The van der Waals surface area contributed by atoms with E-state index in [-0.39, 0.29) is 28.2 Å². The zero-order valence-electron chi connectivity index (χ0n) is 11.5. The molecule has 0 saturated heterocycles. The first-order valence-electron chi connectivity index (χ1n) is 6.34. The lowest BCUT2D eigenvalue weighted by Crippen LogP contribution is -2.02. The van der Waals surface area contributed by atoms with E-state index in [4.69, 9.17) is 9.15 Å². The van der Waals surface area contributed by atoms with Crippen LogP contribution < -0.4 is 10.2 Å². The number of aromatic hydroxyl groups is 2. The lowest BCUT2D eigenvalue weighted by atomic mass is 10.1. The summed E-state index contributed by atoms with van der Waals surface area (Å²) in [7, 11) is 1.29. The number of fused-ring (bicyclic) bond motifs is 1. The molecule has 1 heterocycles. The minimum Gasteiger partial charge on any atom is -0.507 e. The Morgan fingerprint density at radius 3 is 2.59 bits per heavy atom. The third-order valence-electron chi connectivity index (χ3n) is 3.23. The van der Waals surface area contributed by atoms with E-state index in [1.54, 1.807) is 6.07 Å². The SMILES string of the molecule is COc1c(O)cc(O)c2c(=O)cc(-c3cccc(F)c3)oc12. The van der Waals surface area contributed by atoms with Gasteiger partial charge in [0.1, 0.15) is 22.7 Å². The Kier molecular flexibility index (Phi) is 3.21. The van der Waals surface area contributed by atoms with E-state index in [1.807, 2.05) is 0 Å². The van der Waals surface area contributed by atoms with E-state index in [2.05, 4.69) is 0 Å². The maximum absolute atomic E-state index is 13.3. The Labute approximate surface area is 123 Å². The van der Waals surface area contributed by atoms with Crippen LogP contribution in [0.3, 0.4) is 0 Å². The van der Waals surface area contributed by atoms with Crippen molar-refractivity contribution in [1.29, 1.82) is 0 Å². The molecule has 0 aliphatic carbocycles. The minimum atomic E-state index is -0.531. The molecule has 0 bridgehead atoms. The number of rotatable bonds is 2. The van der Waals surface area contributed by atoms with Crippen molar-refractivity contribution >= 4 is 11.0 Å². The fraction of sp³-hybridized carbons (Fsp3) is 0.0625. The van der Waals surface area contributed by atoms with Crippen LogP contribution >= 0.6 is 0 Å². The Bertz CT molecular complexity index is 930. The second kappa shape index (κ2) is 5.07. The maximum atomic E-state index is 13.3. The van der Waals surface area contributed by atoms with Crippen molar-refractivity contribution in [3.8, 4) is 28.6 Å². The van der Waals surface area contributed by atoms with Crippen molar-refractivity contribution in [3.05, 3.63) is 52.4 Å². The molecule has 0 saturated carbocycles. The summed E-state index contributed by atoms with van der Waals surface area (Å²) in [6, 6.07) is 7.67. The van der Waals surface area contributed by atoms with Gasteiger partial charge in [-0.1, -0.05) is 12.1 Å². The lowest BCUT2D eigenvalue weighted by Gasteiger charge is -2.09. The van der Waals surface area contributed by atoms with Crippen LogP contribution in [0.1, 0.15) is 0 Å². The van der Waals surface area contributed by atoms with E-state index < -0.39 is 17.0 Å². The van der Waals surface area contributed by atoms with Crippen molar-refractivity contribution in [2.45, 2.75) is 0 Å². The van der Waals surface area contributed by atoms with Gasteiger partial charge >= 0.3 is 0 Å². The largest absolute Gasteiger partial charge is 0.507 e. The van der Waals surface area contributed by atoms with Gasteiger partial charge in [0.2, 0.25) is 5.75 Å². The van der Waals surface area contributed by atoms with E-state index >= 15 is 0 Å². The molecule has 0 spiro atoms. The molecule has 22 heavy (non-hydrogen) atoms. The highest BCUT2D eigenvalue weighted by Crippen LogP contribution is 2.40. The maximum Gasteiger partial charge on any atom is 0.204 e. The third-order valence-corrected chi connectivity index (χ3v) is 3.23. The molecular formula is C16H11FO5. The Morgan fingerprint density at radius 1 is 1.14 bits per heavy atom. The minimum absolute atomic E-state index is 0.0804. The van der Waals surface area contributed by atoms with Gasteiger partial charge in [-0.2, -0.15) is 0 Å². The lowest BCUT2D eigenvalue weighted by molar-refractivity contribution is 0.367. The van der Waals surface area contributed by atoms with Crippen molar-refractivity contribution in [1.82, 2.24) is 0 Å². The summed E-state index contributed by atoms with van der Waals surface area (Å²) in [4.78, 5) is 12.2. The van der Waals surface area contributed by atoms with Crippen LogP contribution in [0.15, 0.2) is 45.6 Å². The molecule has 1 aromatic heterocycles. The van der Waals surface area contributed by atoms with E-state index in [9.17, 15) is 19.4 Å². The van der Waals surface area contributed by atoms with Crippen molar-refractivity contribution < 1.29 is 23.8 Å². The second-order valence-corrected chi connectivity index (χ2v) is 4.64. The Hall–Kier alpha value is -3.02. The molecule has 0 amide bonds. The third kappa shape index (κ3) is 2.14. The molecule has 112 valence electrons. The standard InChI is InChI=1S/C16H11FO5/c1-21-15-12(20)6-10(18)14-11(19)7-13(22-16(14)15)8-3-2-4-9(17)5-8/h2-7,18,20H,1H3. The Balaban J connectivity index is 2.39. The smallest absolute Gasteiger partial charge is 0.204 e. The van der Waals surface area contributed by atoms with Crippen LogP contribution in [-0.4, -0.2) is 17.3 Å². The molecular weight excluding hydrogens is 291 g/mol. The first kappa shape index (κ1) is 13.9. The molecule has 2 aromatic carbocycles. The highest BCUT2D eigenvalue weighted by Gasteiger charge is 2.18. The monoisotopic (exact) mass is 302 g/mol. The summed E-state index contributed by atoms with van der Waals surface area (Å²) in [5.41, 5.74) is -0.285. The summed E-state index contributed by atoms with van der Waals surface area (Å²) < 4.78 is 23.9. The number of halogens is 1. The Morgan fingerprint density at radius 2 is 1.91 bits per heavy atom. The number of hydrogen-bond acceptors (Lipinski definition) is 5. The van der Waals surface area contributed by atoms with Crippen LogP contribution in [0, 0.1) is 5.82 Å². The first-order valence-corrected chi connectivity index (χ1v) is 6.34. The molecule has 0 atom stereocenters. The fourth-order valence-electron chi connectivity index (χ4n) is 2.26. The van der Waals surface area contributed by atoms with E-state index in [0.29, 0.717) is 5.56 Å². The summed E-state index contributed by atoms with van der Waals surface area (Å²) in [6.07, 6.45) is 0. The van der Waals surface area contributed by atoms with Gasteiger partial charge in [-0.05, 0) is 12.1 Å². The first-order chi connectivity index (χ1) is 10.5. The van der Waals surface area contributed by atoms with Crippen LogP contribution in [0.25, 0.3) is 22.3 Å². The van der Waals surface area contributed by atoms with E-state index in [1.165, 1.54) is 25.3 Å². The summed E-state index contributed by atoms with van der Waals surface area (Å²) >= 11 is 0. The van der Waals surface area contributed by atoms with Gasteiger partial charge in [-0.25, -0.2) is 4.39 Å². The number of methoxy groups -OCH3 is 1. The van der Waals surface area contributed by atoms with Crippen LogP contribution in [0.4, 0.5) is 4.39 Å². The quantitative estimate of drug-likeness (QED) is 0.760. The van der Waals surface area contributed by atoms with Crippen LogP contribution in [0.5, 0.6) is 17.2 Å². The molecule has 6 heteroatoms. The normalized spacial score (nSPS) is 10.8. The van der Waals surface area contributed by atoms with Gasteiger partial charge in [0.25, 0.3) is 0 Å². The topological polar surface area (TPSA) is 79.9 Å². The van der Waals surface area contributed by atoms with Gasteiger partial charge in [0, 0.05) is 17.7 Å². The zero-order chi connectivity index (χ0) is 15.9. The molecule has 0 fully saturated rings. The average Bonchev–Trinajstić information content (AvgIpc) is 2.46. The molecule has 0 radical (unpaired) electrons. The van der Waals surface area contributed by atoms with Gasteiger partial charge in [-0.15, -0.1) is 0 Å².